The minimum absolute atomic E-state index is 0.0589. The average Bonchev–Trinajstić information content (AvgIpc) is 2.96. The van der Waals surface area contributed by atoms with Gasteiger partial charge in [0.1, 0.15) is 0 Å². The Kier molecular flexibility index (Phi) is 9.70. The van der Waals surface area contributed by atoms with Gasteiger partial charge in [-0.25, -0.2) is 0 Å². The first-order chi connectivity index (χ1) is 18.6. The predicted molar refractivity (Wildman–Crippen MR) is 148 cm³/mol. The number of methoxy groups -OCH3 is 2. The molecule has 8 nitrogen and oxygen atoms in total. The van der Waals surface area contributed by atoms with Crippen molar-refractivity contribution in [2.45, 2.75) is 45.2 Å². The molecule has 4 rings (SSSR count). The highest BCUT2D eigenvalue weighted by Gasteiger charge is 2.22. The van der Waals surface area contributed by atoms with Gasteiger partial charge < -0.3 is 25.0 Å². The van der Waals surface area contributed by atoms with Crippen LogP contribution in [0, 0.1) is 0 Å². The van der Waals surface area contributed by atoms with Gasteiger partial charge >= 0.3 is 0 Å². The van der Waals surface area contributed by atoms with E-state index in [1.54, 1.807) is 44.8 Å². The van der Waals surface area contributed by atoms with Crippen LogP contribution in [0.4, 0.5) is 5.69 Å². The molecule has 0 atom stereocenters. The number of hydrogen-bond acceptors (Lipinski definition) is 6. The van der Waals surface area contributed by atoms with Crippen molar-refractivity contribution in [3.63, 3.8) is 0 Å². The van der Waals surface area contributed by atoms with E-state index in [0.717, 1.165) is 55.5 Å². The minimum atomic E-state index is -0.180. The van der Waals surface area contributed by atoms with Gasteiger partial charge in [-0.3, -0.25) is 14.6 Å². The first-order valence-corrected chi connectivity index (χ1v) is 13.2. The molecule has 2 heterocycles. The molecule has 0 unspecified atom stereocenters. The van der Waals surface area contributed by atoms with Gasteiger partial charge in [0.2, 0.25) is 0 Å². The molecule has 0 saturated carbocycles. The SMILES string of the molecule is COc1ccc(CNC(=O)c2ccc3c(c2)CNCCCCCCCN3C(=O)c2ccncc2)cc1OC. The van der Waals surface area contributed by atoms with Crippen molar-refractivity contribution in [3.05, 3.63) is 83.2 Å². The molecule has 2 aromatic carbocycles. The first-order valence-electron chi connectivity index (χ1n) is 13.2. The zero-order valence-electron chi connectivity index (χ0n) is 22.2. The summed E-state index contributed by atoms with van der Waals surface area (Å²) in [5.74, 6) is 1.02. The second-order valence-electron chi connectivity index (χ2n) is 9.35. The van der Waals surface area contributed by atoms with Crippen molar-refractivity contribution < 1.29 is 19.1 Å². The number of fused-ring (bicyclic) bond motifs is 1. The molecule has 1 aromatic heterocycles. The standard InChI is InChI=1S/C30H36N4O4/c1-37-27-11-8-22(18-28(27)38-2)20-33-29(35)24-9-10-26-25(19-24)21-32-14-6-4-3-5-7-17-34(26)30(36)23-12-15-31-16-13-23/h8-13,15-16,18-19,32H,3-7,14,17,20-21H2,1-2H3,(H,33,35). The highest BCUT2D eigenvalue weighted by atomic mass is 16.5. The van der Waals surface area contributed by atoms with Gasteiger partial charge in [-0.15, -0.1) is 0 Å². The molecule has 2 amide bonds. The van der Waals surface area contributed by atoms with Gasteiger partial charge in [-0.2, -0.15) is 0 Å². The zero-order valence-corrected chi connectivity index (χ0v) is 22.2. The molecular formula is C30H36N4O4. The highest BCUT2D eigenvalue weighted by molar-refractivity contribution is 6.06. The van der Waals surface area contributed by atoms with Crippen LogP contribution in [0.15, 0.2) is 60.9 Å². The number of carbonyl (C=O) groups excluding carboxylic acids is 2. The van der Waals surface area contributed by atoms with Crippen LogP contribution in [0.2, 0.25) is 0 Å². The quantitative estimate of drug-likeness (QED) is 0.492. The molecule has 0 bridgehead atoms. The number of benzene rings is 2. The summed E-state index contributed by atoms with van der Waals surface area (Å²) >= 11 is 0. The summed E-state index contributed by atoms with van der Waals surface area (Å²) in [6, 6.07) is 14.6. The molecule has 3 aromatic rings. The first kappa shape index (κ1) is 27.1. The van der Waals surface area contributed by atoms with E-state index >= 15 is 0 Å². The monoisotopic (exact) mass is 516 g/mol. The van der Waals surface area contributed by atoms with Crippen LogP contribution >= 0.6 is 0 Å². The smallest absolute Gasteiger partial charge is 0.258 e. The summed E-state index contributed by atoms with van der Waals surface area (Å²) in [6.45, 7) is 2.44. The summed E-state index contributed by atoms with van der Waals surface area (Å²) in [4.78, 5) is 32.6. The van der Waals surface area contributed by atoms with Crippen molar-refractivity contribution in [2.75, 3.05) is 32.2 Å². The number of anilines is 1. The van der Waals surface area contributed by atoms with Crippen molar-refractivity contribution in [1.82, 2.24) is 15.6 Å². The maximum atomic E-state index is 13.5. The van der Waals surface area contributed by atoms with Gasteiger partial charge in [0.05, 0.1) is 14.2 Å². The molecule has 0 radical (unpaired) electrons. The zero-order chi connectivity index (χ0) is 26.7. The number of aromatic nitrogens is 1. The third kappa shape index (κ3) is 6.89. The van der Waals surface area contributed by atoms with E-state index in [2.05, 4.69) is 15.6 Å². The van der Waals surface area contributed by atoms with Crippen LogP contribution in [0.5, 0.6) is 11.5 Å². The van der Waals surface area contributed by atoms with Crippen molar-refractivity contribution in [3.8, 4) is 11.5 Å². The van der Waals surface area contributed by atoms with E-state index in [9.17, 15) is 9.59 Å². The minimum Gasteiger partial charge on any atom is -0.493 e. The van der Waals surface area contributed by atoms with E-state index in [4.69, 9.17) is 9.47 Å². The fraction of sp³-hybridized carbons (Fsp3) is 0.367. The Balaban J connectivity index is 1.57. The fourth-order valence-electron chi connectivity index (χ4n) is 4.66. The lowest BCUT2D eigenvalue weighted by Gasteiger charge is -2.27. The molecule has 0 saturated heterocycles. The summed E-state index contributed by atoms with van der Waals surface area (Å²) in [5, 5.41) is 6.50. The molecule has 0 aliphatic carbocycles. The largest absolute Gasteiger partial charge is 0.493 e. The topological polar surface area (TPSA) is 92.8 Å². The van der Waals surface area contributed by atoms with Crippen LogP contribution < -0.4 is 25.0 Å². The predicted octanol–water partition coefficient (Wildman–Crippen LogP) is 4.73. The van der Waals surface area contributed by atoms with E-state index in [1.165, 1.54) is 0 Å². The van der Waals surface area contributed by atoms with Gasteiger partial charge in [0.25, 0.3) is 11.8 Å². The summed E-state index contributed by atoms with van der Waals surface area (Å²) in [6.07, 6.45) is 8.71. The third-order valence-electron chi connectivity index (χ3n) is 6.76. The van der Waals surface area contributed by atoms with Gasteiger partial charge in [0.15, 0.2) is 11.5 Å². The van der Waals surface area contributed by atoms with E-state index < -0.39 is 0 Å². The van der Waals surface area contributed by atoms with Crippen LogP contribution in [-0.4, -0.2) is 44.1 Å². The Bertz CT molecular complexity index is 1230. The van der Waals surface area contributed by atoms with Gasteiger partial charge in [0, 0.05) is 48.8 Å². The number of pyridine rings is 1. The van der Waals surface area contributed by atoms with Crippen molar-refractivity contribution >= 4 is 17.5 Å². The third-order valence-corrected chi connectivity index (χ3v) is 6.76. The number of carbonyl (C=O) groups is 2. The lowest BCUT2D eigenvalue weighted by molar-refractivity contribution is 0.0949. The van der Waals surface area contributed by atoms with Crippen LogP contribution in [0.3, 0.4) is 0 Å². The fourth-order valence-corrected chi connectivity index (χ4v) is 4.66. The Hall–Kier alpha value is -3.91. The number of ether oxygens (including phenoxy) is 2. The molecule has 0 spiro atoms. The maximum Gasteiger partial charge on any atom is 0.258 e. The Morgan fingerprint density at radius 3 is 2.45 bits per heavy atom. The van der Waals surface area contributed by atoms with Crippen molar-refractivity contribution in [1.29, 1.82) is 0 Å². The second kappa shape index (κ2) is 13.6. The number of rotatable bonds is 6. The molecule has 1 aliphatic heterocycles. The van der Waals surface area contributed by atoms with Crippen LogP contribution in [-0.2, 0) is 13.1 Å². The second-order valence-corrected chi connectivity index (χ2v) is 9.35. The number of nitrogens with one attached hydrogen (secondary N) is 2. The average molecular weight is 517 g/mol. The summed E-state index contributed by atoms with van der Waals surface area (Å²) in [5.41, 5.74) is 3.80. The lowest BCUT2D eigenvalue weighted by atomic mass is 10.0. The molecular weight excluding hydrogens is 480 g/mol. The Morgan fingerprint density at radius 2 is 1.66 bits per heavy atom. The van der Waals surface area contributed by atoms with Gasteiger partial charge in [-0.1, -0.05) is 25.3 Å². The normalized spacial score (nSPS) is 14.4. The Labute approximate surface area is 224 Å². The van der Waals surface area contributed by atoms with Crippen LogP contribution in [0.1, 0.15) is 63.9 Å². The number of nitrogens with zero attached hydrogens (tertiary/aromatic N) is 2. The molecule has 1 aliphatic rings. The van der Waals surface area contributed by atoms with E-state index in [0.29, 0.717) is 42.3 Å². The summed E-state index contributed by atoms with van der Waals surface area (Å²) in [7, 11) is 3.18. The lowest BCUT2D eigenvalue weighted by Crippen LogP contribution is -2.34. The number of hydrogen-bond donors (Lipinski definition) is 2. The Morgan fingerprint density at radius 1 is 0.895 bits per heavy atom. The summed E-state index contributed by atoms with van der Waals surface area (Å²) < 4.78 is 10.7. The van der Waals surface area contributed by atoms with E-state index in [-0.39, 0.29) is 11.8 Å². The molecule has 8 heteroatoms. The maximum absolute atomic E-state index is 13.5. The van der Waals surface area contributed by atoms with Crippen molar-refractivity contribution in [2.24, 2.45) is 0 Å². The highest BCUT2D eigenvalue weighted by Crippen LogP contribution is 2.28. The molecule has 2 N–H and O–H groups in total. The number of amides is 2. The van der Waals surface area contributed by atoms with Gasteiger partial charge in [-0.05, 0) is 73.0 Å². The molecule has 38 heavy (non-hydrogen) atoms. The van der Waals surface area contributed by atoms with Crippen LogP contribution in [0.25, 0.3) is 0 Å². The van der Waals surface area contributed by atoms with E-state index in [1.807, 2.05) is 35.2 Å². The molecule has 200 valence electrons. The molecule has 0 fully saturated rings.